The highest BCUT2D eigenvalue weighted by atomic mass is 16.2. The third-order valence-corrected chi connectivity index (χ3v) is 8.33. The lowest BCUT2D eigenvalue weighted by atomic mass is 10.0. The third-order valence-electron chi connectivity index (χ3n) is 8.33. The predicted octanol–water partition coefficient (Wildman–Crippen LogP) is 4.20. The van der Waals surface area contributed by atoms with Gasteiger partial charge in [-0.25, -0.2) is 4.79 Å². The highest BCUT2D eigenvalue weighted by Gasteiger charge is 2.30. The van der Waals surface area contributed by atoms with Crippen LogP contribution in [0.25, 0.3) is 16.6 Å². The number of piperidine rings is 1. The summed E-state index contributed by atoms with van der Waals surface area (Å²) in [7, 11) is 2.19. The standard InChI is InChI=1S/C32H37N7O2/c1-36-17-19-37(20-18-36)26-12-15-38(16-13-26)31(40)29-23-39(30-7-3-2-6-28(29)30)27-10-8-25(9-11-27)35-32(41)34-22-24-5-4-14-33-21-24/h2-11,14,21,23,26H,12-13,15-20,22H2,1H3,(H2,34,35,41). The molecule has 41 heavy (non-hydrogen) atoms. The molecule has 2 aromatic heterocycles. The maximum absolute atomic E-state index is 13.8. The SMILES string of the molecule is CN1CCN(C2CCN(C(=O)c3cn(-c4ccc(NC(=O)NCc5cccnc5)cc4)c4ccccc34)CC2)CC1. The van der Waals surface area contributed by atoms with Crippen LogP contribution in [0.5, 0.6) is 0 Å². The van der Waals surface area contributed by atoms with Crippen molar-refractivity contribution in [3.8, 4) is 5.69 Å². The van der Waals surface area contributed by atoms with Crippen LogP contribution in [-0.4, -0.2) is 88.5 Å². The van der Waals surface area contributed by atoms with E-state index in [9.17, 15) is 9.59 Å². The molecule has 4 aromatic rings. The number of para-hydroxylation sites is 1. The van der Waals surface area contributed by atoms with Crippen molar-refractivity contribution in [3.63, 3.8) is 0 Å². The Morgan fingerprint density at radius 2 is 1.66 bits per heavy atom. The maximum Gasteiger partial charge on any atom is 0.319 e. The molecule has 2 N–H and O–H groups in total. The molecular formula is C32H37N7O2. The molecule has 0 unspecified atom stereocenters. The van der Waals surface area contributed by atoms with Gasteiger partial charge in [0.1, 0.15) is 0 Å². The van der Waals surface area contributed by atoms with Crippen LogP contribution in [0.1, 0.15) is 28.8 Å². The van der Waals surface area contributed by atoms with Gasteiger partial charge in [0, 0.05) is 87.2 Å². The van der Waals surface area contributed by atoms with E-state index in [4.69, 9.17) is 0 Å². The Hall–Kier alpha value is -4.21. The number of carbonyl (C=O) groups excluding carboxylic acids is 2. The van der Waals surface area contributed by atoms with Gasteiger partial charge < -0.3 is 25.0 Å². The average Bonchev–Trinajstić information content (AvgIpc) is 3.41. The van der Waals surface area contributed by atoms with Gasteiger partial charge in [-0.15, -0.1) is 0 Å². The molecule has 2 aromatic carbocycles. The summed E-state index contributed by atoms with van der Waals surface area (Å²) in [4.78, 5) is 37.2. The summed E-state index contributed by atoms with van der Waals surface area (Å²) in [5, 5.41) is 6.68. The zero-order valence-electron chi connectivity index (χ0n) is 23.5. The van der Waals surface area contributed by atoms with Crippen molar-refractivity contribution >= 4 is 28.5 Å². The Labute approximate surface area is 240 Å². The number of likely N-dealkylation sites (tertiary alicyclic amines) is 1. The van der Waals surface area contributed by atoms with Gasteiger partial charge in [0.25, 0.3) is 5.91 Å². The molecule has 212 valence electrons. The van der Waals surface area contributed by atoms with Crippen molar-refractivity contribution in [3.05, 3.63) is 90.4 Å². The van der Waals surface area contributed by atoms with Gasteiger partial charge in [0.15, 0.2) is 0 Å². The minimum Gasteiger partial charge on any atom is -0.338 e. The molecule has 0 bridgehead atoms. The molecule has 2 aliphatic rings. The number of nitrogens with one attached hydrogen (secondary N) is 2. The van der Waals surface area contributed by atoms with Crippen molar-refractivity contribution in [1.82, 2.24) is 29.6 Å². The number of carbonyl (C=O) groups is 2. The molecular weight excluding hydrogens is 514 g/mol. The number of anilines is 1. The lowest BCUT2D eigenvalue weighted by Crippen LogP contribution is -2.52. The lowest BCUT2D eigenvalue weighted by molar-refractivity contribution is 0.0520. The zero-order chi connectivity index (χ0) is 28.2. The van der Waals surface area contributed by atoms with Gasteiger partial charge in [-0.05, 0) is 61.9 Å². The number of benzene rings is 2. The number of pyridine rings is 1. The summed E-state index contributed by atoms with van der Waals surface area (Å²) in [5.74, 6) is 0.0975. The normalized spacial score (nSPS) is 17.0. The number of rotatable bonds is 6. The molecule has 9 heteroatoms. The predicted molar refractivity (Wildman–Crippen MR) is 161 cm³/mol. The number of amides is 3. The first-order chi connectivity index (χ1) is 20.0. The van der Waals surface area contributed by atoms with Crippen LogP contribution in [0.3, 0.4) is 0 Å². The Bertz CT molecular complexity index is 1490. The van der Waals surface area contributed by atoms with Gasteiger partial charge in [0.05, 0.1) is 11.1 Å². The Balaban J connectivity index is 1.12. The van der Waals surface area contributed by atoms with Crippen molar-refractivity contribution in [2.75, 3.05) is 51.6 Å². The molecule has 0 atom stereocenters. The summed E-state index contributed by atoms with van der Waals surface area (Å²) in [6.45, 7) is 6.46. The van der Waals surface area contributed by atoms with Gasteiger partial charge in [-0.1, -0.05) is 24.3 Å². The third kappa shape index (κ3) is 6.11. The van der Waals surface area contributed by atoms with Crippen LogP contribution in [0.4, 0.5) is 10.5 Å². The first-order valence-corrected chi connectivity index (χ1v) is 14.4. The van der Waals surface area contributed by atoms with Crippen LogP contribution in [0.15, 0.2) is 79.3 Å². The molecule has 3 amide bonds. The molecule has 9 nitrogen and oxygen atoms in total. The van der Waals surface area contributed by atoms with E-state index in [0.717, 1.165) is 79.8 Å². The number of fused-ring (bicyclic) bond motifs is 1. The highest BCUT2D eigenvalue weighted by molar-refractivity contribution is 6.07. The van der Waals surface area contributed by atoms with Crippen LogP contribution < -0.4 is 10.6 Å². The Kier molecular flexibility index (Phi) is 7.98. The molecule has 6 rings (SSSR count). The topological polar surface area (TPSA) is 85.7 Å². The van der Waals surface area contributed by atoms with E-state index in [0.29, 0.717) is 18.3 Å². The quantitative estimate of drug-likeness (QED) is 0.375. The number of nitrogens with zero attached hydrogens (tertiary/aromatic N) is 5. The number of hydrogen-bond donors (Lipinski definition) is 2. The van der Waals surface area contributed by atoms with E-state index >= 15 is 0 Å². The second-order valence-corrected chi connectivity index (χ2v) is 11.0. The number of hydrogen-bond acceptors (Lipinski definition) is 5. The van der Waals surface area contributed by atoms with Crippen molar-refractivity contribution < 1.29 is 9.59 Å². The average molecular weight is 552 g/mol. The molecule has 2 fully saturated rings. The van der Waals surface area contributed by atoms with E-state index in [1.54, 1.807) is 12.4 Å². The minimum absolute atomic E-state index is 0.0975. The smallest absolute Gasteiger partial charge is 0.319 e. The molecule has 0 saturated carbocycles. The monoisotopic (exact) mass is 551 g/mol. The second kappa shape index (κ2) is 12.1. The summed E-state index contributed by atoms with van der Waals surface area (Å²) >= 11 is 0. The lowest BCUT2D eigenvalue weighted by Gasteiger charge is -2.42. The Morgan fingerprint density at radius 3 is 2.39 bits per heavy atom. The van der Waals surface area contributed by atoms with Crippen LogP contribution in [-0.2, 0) is 6.54 Å². The fourth-order valence-corrected chi connectivity index (χ4v) is 5.92. The van der Waals surface area contributed by atoms with Crippen LogP contribution >= 0.6 is 0 Å². The van der Waals surface area contributed by atoms with E-state index in [1.807, 2.05) is 71.8 Å². The molecule has 4 heterocycles. The largest absolute Gasteiger partial charge is 0.338 e. The first kappa shape index (κ1) is 27.0. The summed E-state index contributed by atoms with van der Waals surface area (Å²) in [5.41, 5.74) is 4.26. The molecule has 0 radical (unpaired) electrons. The second-order valence-electron chi connectivity index (χ2n) is 11.0. The summed E-state index contributed by atoms with van der Waals surface area (Å²) in [6, 6.07) is 19.8. The summed E-state index contributed by atoms with van der Waals surface area (Å²) < 4.78 is 2.06. The van der Waals surface area contributed by atoms with Crippen molar-refractivity contribution in [2.24, 2.45) is 0 Å². The molecule has 2 saturated heterocycles. The van der Waals surface area contributed by atoms with Crippen molar-refractivity contribution in [1.29, 1.82) is 0 Å². The van der Waals surface area contributed by atoms with Gasteiger partial charge in [0.2, 0.25) is 0 Å². The Morgan fingerprint density at radius 1 is 0.902 bits per heavy atom. The molecule has 2 aliphatic heterocycles. The van der Waals surface area contributed by atoms with Crippen LogP contribution in [0, 0.1) is 0 Å². The van der Waals surface area contributed by atoms with Crippen LogP contribution in [0.2, 0.25) is 0 Å². The molecule has 0 spiro atoms. The van der Waals surface area contributed by atoms with E-state index in [-0.39, 0.29) is 11.9 Å². The molecule has 0 aliphatic carbocycles. The van der Waals surface area contributed by atoms with Gasteiger partial charge in [-0.3, -0.25) is 14.7 Å². The van der Waals surface area contributed by atoms with Gasteiger partial charge in [-0.2, -0.15) is 0 Å². The fraction of sp³-hybridized carbons (Fsp3) is 0.344. The number of urea groups is 1. The van der Waals surface area contributed by atoms with Gasteiger partial charge >= 0.3 is 6.03 Å². The fourth-order valence-electron chi connectivity index (χ4n) is 5.92. The van der Waals surface area contributed by atoms with E-state index in [1.165, 1.54) is 0 Å². The highest BCUT2D eigenvalue weighted by Crippen LogP contribution is 2.28. The zero-order valence-corrected chi connectivity index (χ0v) is 23.5. The van der Waals surface area contributed by atoms with E-state index in [2.05, 4.69) is 37.0 Å². The number of aromatic nitrogens is 2. The van der Waals surface area contributed by atoms with E-state index < -0.39 is 0 Å². The number of piperazine rings is 1. The van der Waals surface area contributed by atoms with Crippen molar-refractivity contribution in [2.45, 2.75) is 25.4 Å². The first-order valence-electron chi connectivity index (χ1n) is 14.4. The number of likely N-dealkylation sites (N-methyl/N-ethyl adjacent to an activating group) is 1. The maximum atomic E-state index is 13.8. The summed E-state index contributed by atoms with van der Waals surface area (Å²) in [6.07, 6.45) is 7.45. The minimum atomic E-state index is -0.280.